The Labute approximate surface area is 153 Å². The summed E-state index contributed by atoms with van der Waals surface area (Å²) in [7, 11) is -3.93. The fourth-order valence-corrected chi connectivity index (χ4v) is 4.10. The molecule has 138 valence electrons. The zero-order chi connectivity index (χ0) is 18.6. The Kier molecular flexibility index (Phi) is 5.47. The molecule has 0 fully saturated rings. The lowest BCUT2D eigenvalue weighted by molar-refractivity contribution is -0.116. The van der Waals surface area contributed by atoms with E-state index in [-0.39, 0.29) is 22.9 Å². The first-order valence-corrected chi connectivity index (χ1v) is 10.1. The van der Waals surface area contributed by atoms with E-state index in [1.807, 2.05) is 0 Å². The Morgan fingerprint density at radius 2 is 2.23 bits per heavy atom. The van der Waals surface area contributed by atoms with Gasteiger partial charge in [0.25, 0.3) is 10.0 Å². The van der Waals surface area contributed by atoms with Gasteiger partial charge in [0, 0.05) is 19.4 Å². The van der Waals surface area contributed by atoms with E-state index in [2.05, 4.69) is 25.3 Å². The molecule has 0 saturated heterocycles. The highest BCUT2D eigenvalue weighted by Crippen LogP contribution is 2.23. The van der Waals surface area contributed by atoms with Crippen molar-refractivity contribution in [2.75, 3.05) is 23.1 Å². The second-order valence-electron chi connectivity index (χ2n) is 5.42. The maximum Gasteiger partial charge on any atom is 0.262 e. The number of carbonyl (C=O) groups is 1. The van der Waals surface area contributed by atoms with Crippen molar-refractivity contribution in [1.82, 2.24) is 10.3 Å². The molecule has 1 aliphatic heterocycles. The Morgan fingerprint density at radius 3 is 2.88 bits per heavy atom. The van der Waals surface area contributed by atoms with Gasteiger partial charge in [0.15, 0.2) is 0 Å². The number of thiazole rings is 1. The first-order valence-electron chi connectivity index (χ1n) is 7.72. The van der Waals surface area contributed by atoms with Gasteiger partial charge in [-0.25, -0.2) is 12.8 Å². The molecular formula is C15H16FN5O3S2. The van der Waals surface area contributed by atoms with E-state index < -0.39 is 15.8 Å². The van der Waals surface area contributed by atoms with E-state index in [0.29, 0.717) is 18.0 Å². The molecule has 2 heterocycles. The maximum atomic E-state index is 14.2. The number of anilines is 2. The van der Waals surface area contributed by atoms with Gasteiger partial charge in [-0.05, 0) is 18.2 Å². The Morgan fingerprint density at radius 1 is 1.38 bits per heavy atom. The topological polar surface area (TPSA) is 113 Å². The molecule has 1 aliphatic rings. The zero-order valence-electron chi connectivity index (χ0n) is 13.5. The molecule has 0 bridgehead atoms. The number of hydrogen-bond acceptors (Lipinski definition) is 7. The second-order valence-corrected chi connectivity index (χ2v) is 7.98. The van der Waals surface area contributed by atoms with Crippen LogP contribution >= 0.6 is 11.3 Å². The molecule has 8 nitrogen and oxygen atoms in total. The van der Waals surface area contributed by atoms with E-state index in [1.165, 1.54) is 23.8 Å². The van der Waals surface area contributed by atoms with Gasteiger partial charge in [0.1, 0.15) is 10.8 Å². The lowest BCUT2D eigenvalue weighted by Gasteiger charge is -2.09. The van der Waals surface area contributed by atoms with Gasteiger partial charge in [-0.1, -0.05) is 0 Å². The molecule has 26 heavy (non-hydrogen) atoms. The van der Waals surface area contributed by atoms with Crippen LogP contribution in [0, 0.1) is 5.82 Å². The van der Waals surface area contributed by atoms with E-state index in [9.17, 15) is 17.6 Å². The third-order valence-corrected chi connectivity index (χ3v) is 5.71. The van der Waals surface area contributed by atoms with Crippen molar-refractivity contribution >= 4 is 43.8 Å². The van der Waals surface area contributed by atoms with Crippen LogP contribution in [0.15, 0.2) is 39.8 Å². The van der Waals surface area contributed by atoms with E-state index >= 15 is 0 Å². The van der Waals surface area contributed by atoms with Crippen LogP contribution < -0.4 is 15.4 Å². The number of benzene rings is 1. The molecule has 1 aromatic heterocycles. The van der Waals surface area contributed by atoms with Crippen molar-refractivity contribution in [3.8, 4) is 0 Å². The first kappa shape index (κ1) is 18.3. The summed E-state index contributed by atoms with van der Waals surface area (Å²) in [4.78, 5) is 19.6. The summed E-state index contributed by atoms with van der Waals surface area (Å²) in [5.74, 6) is -0.447. The molecule has 3 N–H and O–H groups in total. The molecule has 1 amide bonds. The summed E-state index contributed by atoms with van der Waals surface area (Å²) < 4.78 is 41.0. The predicted octanol–water partition coefficient (Wildman–Crippen LogP) is 1.80. The van der Waals surface area contributed by atoms with Gasteiger partial charge >= 0.3 is 0 Å². The number of amides is 1. The van der Waals surface area contributed by atoms with Crippen LogP contribution in [0.25, 0.3) is 0 Å². The first-order chi connectivity index (χ1) is 12.4. The Balaban J connectivity index is 1.64. The highest BCUT2D eigenvalue weighted by Gasteiger charge is 2.18. The standard InChI is InChI=1S/C15H16FN5O3S2/c16-11-7-10(26(23,24)21-15-8-17-9-25-15)1-2-12(11)20-14(22)4-3-13-18-5-6-19-13/h1-2,7-9,21H,3-6H2,(H,18,19)(H,20,22). The molecule has 3 rings (SSSR count). The largest absolute Gasteiger partial charge is 0.372 e. The molecule has 2 aromatic rings. The molecule has 0 unspecified atom stereocenters. The highest BCUT2D eigenvalue weighted by molar-refractivity contribution is 7.93. The van der Waals surface area contributed by atoms with Crippen LogP contribution in [-0.2, 0) is 14.8 Å². The average molecular weight is 397 g/mol. The van der Waals surface area contributed by atoms with Crippen molar-refractivity contribution in [3.05, 3.63) is 35.7 Å². The van der Waals surface area contributed by atoms with Crippen LogP contribution in [0.4, 0.5) is 15.1 Å². The van der Waals surface area contributed by atoms with Crippen molar-refractivity contribution < 1.29 is 17.6 Å². The van der Waals surface area contributed by atoms with Gasteiger partial charge < -0.3 is 10.6 Å². The summed E-state index contributed by atoms with van der Waals surface area (Å²) in [5, 5.41) is 5.81. The van der Waals surface area contributed by atoms with Crippen molar-refractivity contribution in [2.45, 2.75) is 17.7 Å². The number of aromatic nitrogens is 1. The molecule has 0 spiro atoms. The number of nitrogens with one attached hydrogen (secondary N) is 3. The molecular weight excluding hydrogens is 381 g/mol. The normalized spacial score (nSPS) is 13.8. The summed E-state index contributed by atoms with van der Waals surface area (Å²) >= 11 is 1.11. The fourth-order valence-electron chi connectivity index (χ4n) is 2.28. The number of halogens is 1. The lowest BCUT2D eigenvalue weighted by atomic mass is 10.2. The number of aliphatic imine (C=N–C) groups is 1. The summed E-state index contributed by atoms with van der Waals surface area (Å²) in [6.45, 7) is 1.45. The van der Waals surface area contributed by atoms with Crippen LogP contribution in [0.1, 0.15) is 12.8 Å². The smallest absolute Gasteiger partial charge is 0.262 e. The Bertz CT molecular complexity index is 929. The summed E-state index contributed by atoms with van der Waals surface area (Å²) in [5.41, 5.74) is 1.40. The monoisotopic (exact) mass is 397 g/mol. The molecule has 0 aliphatic carbocycles. The lowest BCUT2D eigenvalue weighted by Crippen LogP contribution is -2.21. The minimum absolute atomic E-state index is 0.0759. The maximum absolute atomic E-state index is 14.2. The summed E-state index contributed by atoms with van der Waals surface area (Å²) in [6, 6.07) is 3.31. The van der Waals surface area contributed by atoms with Crippen LogP contribution in [0.3, 0.4) is 0 Å². The molecule has 0 radical (unpaired) electrons. The molecule has 0 atom stereocenters. The molecule has 0 saturated carbocycles. The summed E-state index contributed by atoms with van der Waals surface area (Å²) in [6.07, 6.45) is 1.95. The van der Waals surface area contributed by atoms with Crippen molar-refractivity contribution in [3.63, 3.8) is 0 Å². The van der Waals surface area contributed by atoms with Gasteiger partial charge in [-0.15, -0.1) is 11.3 Å². The van der Waals surface area contributed by atoms with Crippen molar-refractivity contribution in [1.29, 1.82) is 0 Å². The quantitative estimate of drug-likeness (QED) is 0.660. The molecule has 11 heteroatoms. The number of sulfonamides is 1. The van der Waals surface area contributed by atoms with Gasteiger partial charge in [-0.3, -0.25) is 19.5 Å². The third-order valence-electron chi connectivity index (χ3n) is 3.52. The SMILES string of the molecule is O=C(CCC1=NCCN1)Nc1ccc(S(=O)(=O)Nc2cncs2)cc1F. The van der Waals surface area contributed by atoms with E-state index in [0.717, 1.165) is 29.8 Å². The number of amidine groups is 1. The van der Waals surface area contributed by atoms with Crippen LogP contribution in [-0.4, -0.2) is 38.2 Å². The van der Waals surface area contributed by atoms with E-state index in [4.69, 9.17) is 0 Å². The average Bonchev–Trinajstić information content (AvgIpc) is 3.28. The van der Waals surface area contributed by atoms with E-state index in [1.54, 1.807) is 0 Å². The van der Waals surface area contributed by atoms with Crippen molar-refractivity contribution in [2.24, 2.45) is 4.99 Å². The van der Waals surface area contributed by atoms with Crippen LogP contribution in [0.2, 0.25) is 0 Å². The zero-order valence-corrected chi connectivity index (χ0v) is 15.2. The minimum atomic E-state index is -3.93. The van der Waals surface area contributed by atoms with Gasteiger partial charge in [-0.2, -0.15) is 0 Å². The fraction of sp³-hybridized carbons (Fsp3) is 0.267. The Hall–Kier alpha value is -2.53. The molecule has 1 aromatic carbocycles. The van der Waals surface area contributed by atoms with Gasteiger partial charge in [0.05, 0.1) is 34.7 Å². The van der Waals surface area contributed by atoms with Gasteiger partial charge in [0.2, 0.25) is 5.91 Å². The predicted molar refractivity (Wildman–Crippen MR) is 97.5 cm³/mol. The highest BCUT2D eigenvalue weighted by atomic mass is 32.2. The minimum Gasteiger partial charge on any atom is -0.372 e. The second kappa shape index (κ2) is 7.79. The number of rotatable bonds is 7. The third kappa shape index (κ3) is 4.55. The van der Waals surface area contributed by atoms with Crippen LogP contribution in [0.5, 0.6) is 0 Å². The number of carbonyl (C=O) groups excluding carboxylic acids is 1. The number of nitrogens with zero attached hydrogens (tertiary/aromatic N) is 2. The number of hydrogen-bond donors (Lipinski definition) is 3.